The van der Waals surface area contributed by atoms with Crippen LogP contribution >= 0.6 is 24.7 Å². The number of esters is 1. The van der Waals surface area contributed by atoms with E-state index in [9.17, 15) is 19.5 Å². The molecule has 11 nitrogen and oxygen atoms in total. The van der Waals surface area contributed by atoms with Gasteiger partial charge in [-0.25, -0.2) is 4.79 Å². The van der Waals surface area contributed by atoms with Crippen LogP contribution in [0.5, 0.6) is 5.75 Å². The fourth-order valence-electron chi connectivity index (χ4n) is 2.96. The Morgan fingerprint density at radius 3 is 2.54 bits per heavy atom. The van der Waals surface area contributed by atoms with E-state index in [-0.39, 0.29) is 12.6 Å². The molecule has 13 heteroatoms. The lowest BCUT2D eigenvalue weighted by Crippen LogP contribution is -2.44. The number of nitrogens with one attached hydrogen (secondary N) is 2. The van der Waals surface area contributed by atoms with Gasteiger partial charge in [-0.15, -0.1) is 0 Å². The molecule has 1 aliphatic rings. The van der Waals surface area contributed by atoms with E-state index in [2.05, 4.69) is 26.0 Å². The number of halogens is 1. The molecule has 3 rings (SSSR count). The van der Waals surface area contributed by atoms with Gasteiger partial charge in [0.1, 0.15) is 23.7 Å². The lowest BCUT2D eigenvalue weighted by molar-refractivity contribution is -0.148. The number of aromatic nitrogens is 2. The Hall–Kier alpha value is -2.08. The molecule has 4 unspecified atom stereocenters. The second-order valence-corrected chi connectivity index (χ2v) is 9.90. The number of rotatable bonds is 9. The minimum absolute atomic E-state index is 0.239. The van der Waals surface area contributed by atoms with E-state index < -0.39 is 40.1 Å². The maximum Gasteiger partial charge on any atom is 0.330 e. The van der Waals surface area contributed by atoms with Crippen molar-refractivity contribution in [1.82, 2.24) is 14.6 Å². The van der Waals surface area contributed by atoms with Crippen molar-refractivity contribution in [3.8, 4) is 5.75 Å². The minimum atomic E-state index is -0.927. The van der Waals surface area contributed by atoms with Crippen molar-refractivity contribution in [2.75, 3.05) is 19.6 Å². The minimum Gasteiger partial charge on any atom is -0.488 e. The number of aliphatic hydroxyl groups excluding tert-OH is 2. The van der Waals surface area contributed by atoms with Crippen LogP contribution < -0.4 is 21.1 Å². The zero-order chi connectivity index (χ0) is 26.0. The van der Waals surface area contributed by atoms with Crippen LogP contribution in [-0.4, -0.2) is 67.9 Å². The molecular formula is C22H31BrN3O8P. The number of para-hydroxylation sites is 1. The number of ether oxygens (including phenoxy) is 3. The van der Waals surface area contributed by atoms with Crippen LogP contribution in [0.3, 0.4) is 0 Å². The largest absolute Gasteiger partial charge is 0.488 e. The predicted molar refractivity (Wildman–Crippen MR) is 135 cm³/mol. The van der Waals surface area contributed by atoms with Gasteiger partial charge in [-0.2, -0.15) is 0 Å². The highest BCUT2D eigenvalue weighted by atomic mass is 79.9. The second-order valence-electron chi connectivity index (χ2n) is 7.95. The number of aliphatic hydroxyl groups is 2. The Labute approximate surface area is 212 Å². The smallest absolute Gasteiger partial charge is 0.330 e. The molecule has 0 radical (unpaired) electrons. The van der Waals surface area contributed by atoms with Crippen LogP contribution in [0, 0.1) is 0 Å². The molecule has 0 spiro atoms. The van der Waals surface area contributed by atoms with E-state index in [1.165, 1.54) is 12.3 Å². The third-order valence-electron chi connectivity index (χ3n) is 4.84. The van der Waals surface area contributed by atoms with Crippen LogP contribution in [0.1, 0.15) is 27.0 Å². The summed E-state index contributed by atoms with van der Waals surface area (Å²) in [5, 5.41) is 21.8. The van der Waals surface area contributed by atoms with Crippen LogP contribution in [0.25, 0.3) is 0 Å². The van der Waals surface area contributed by atoms with Crippen molar-refractivity contribution in [2.24, 2.45) is 0 Å². The molecule has 1 aliphatic heterocycles. The maximum absolute atomic E-state index is 11.6. The van der Waals surface area contributed by atoms with Gasteiger partial charge < -0.3 is 24.4 Å². The molecule has 194 valence electrons. The van der Waals surface area contributed by atoms with E-state index in [0.717, 1.165) is 10.3 Å². The van der Waals surface area contributed by atoms with Gasteiger partial charge >= 0.3 is 11.7 Å². The normalized spacial score (nSPS) is 22.0. The van der Waals surface area contributed by atoms with Crippen molar-refractivity contribution in [3.63, 3.8) is 0 Å². The third-order valence-corrected chi connectivity index (χ3v) is 6.92. The summed E-state index contributed by atoms with van der Waals surface area (Å²) in [5.41, 5.74) is -1.80. The zero-order valence-electron chi connectivity index (χ0n) is 19.6. The molecule has 1 fully saturated rings. The monoisotopic (exact) mass is 575 g/mol. The highest BCUT2D eigenvalue weighted by molar-refractivity contribution is 9.09. The molecule has 2 heterocycles. The Balaban J connectivity index is 0.000000247. The average molecular weight is 576 g/mol. The van der Waals surface area contributed by atoms with Crippen molar-refractivity contribution in [3.05, 3.63) is 63.4 Å². The number of carbonyl (C=O) groups excluding carboxylic acids is 1. The van der Waals surface area contributed by atoms with Crippen LogP contribution in [0.2, 0.25) is 0 Å². The summed E-state index contributed by atoms with van der Waals surface area (Å²) in [6.45, 7) is 5.46. The molecule has 0 saturated carbocycles. The highest BCUT2D eigenvalue weighted by Gasteiger charge is 2.43. The van der Waals surface area contributed by atoms with Crippen LogP contribution in [0.15, 0.2) is 52.2 Å². The molecule has 1 saturated heterocycles. The zero-order valence-corrected chi connectivity index (χ0v) is 22.2. The van der Waals surface area contributed by atoms with Crippen molar-refractivity contribution in [2.45, 2.75) is 49.6 Å². The van der Waals surface area contributed by atoms with Crippen molar-refractivity contribution < 1.29 is 29.2 Å². The number of hydrogen-bond acceptors (Lipinski definition) is 9. The Bertz CT molecular complexity index is 1050. The molecule has 2 aromatic rings. The first-order chi connectivity index (χ1) is 16.6. The van der Waals surface area contributed by atoms with Gasteiger partial charge in [-0.1, -0.05) is 34.1 Å². The number of H-pyrrole nitrogens is 1. The Morgan fingerprint density at radius 2 is 1.97 bits per heavy atom. The molecule has 35 heavy (non-hydrogen) atoms. The number of nitrogens with zero attached hydrogens (tertiary/aromatic N) is 1. The first-order valence-electron chi connectivity index (χ1n) is 10.9. The van der Waals surface area contributed by atoms with E-state index >= 15 is 0 Å². The van der Waals surface area contributed by atoms with Gasteiger partial charge in [-0.05, 0) is 41.6 Å². The fraction of sp³-hybridized carbons (Fsp3) is 0.500. The van der Waals surface area contributed by atoms with Crippen LogP contribution in [0.4, 0.5) is 0 Å². The van der Waals surface area contributed by atoms with E-state index in [1.54, 1.807) is 20.8 Å². The lowest BCUT2D eigenvalue weighted by atomic mass is 10.1. The summed E-state index contributed by atoms with van der Waals surface area (Å²) < 4.78 is 17.0. The summed E-state index contributed by atoms with van der Waals surface area (Å²) in [4.78, 5) is 35.6. The van der Waals surface area contributed by atoms with E-state index in [0.29, 0.717) is 21.7 Å². The average Bonchev–Trinajstić information content (AvgIpc) is 3.11. The molecule has 0 bridgehead atoms. The summed E-state index contributed by atoms with van der Waals surface area (Å²) in [6, 6.07) is 10.8. The number of benzene rings is 1. The van der Waals surface area contributed by atoms with E-state index in [4.69, 9.17) is 19.3 Å². The van der Waals surface area contributed by atoms with Crippen molar-refractivity contribution in [1.29, 1.82) is 0 Å². The number of aromatic amines is 1. The number of carbonyl (C=O) groups is 1. The lowest BCUT2D eigenvalue weighted by Gasteiger charge is -2.23. The molecule has 0 amide bonds. The van der Waals surface area contributed by atoms with Gasteiger partial charge in [0.05, 0.1) is 24.1 Å². The summed E-state index contributed by atoms with van der Waals surface area (Å²) in [7, 11) is 0.333. The number of alkyl halides is 1. The van der Waals surface area contributed by atoms with E-state index in [1.807, 2.05) is 30.3 Å². The molecule has 1 aromatic heterocycles. The summed E-state index contributed by atoms with van der Waals surface area (Å²) >= 11 is 3.20. The summed E-state index contributed by atoms with van der Waals surface area (Å²) in [6.07, 6.45) is -0.641. The number of hydrogen-bond donors (Lipinski definition) is 4. The molecule has 5 atom stereocenters. The third kappa shape index (κ3) is 8.52. The Kier molecular flexibility index (Phi) is 11.5. The first-order valence-corrected chi connectivity index (χ1v) is 13.0. The van der Waals surface area contributed by atoms with Crippen LogP contribution in [-0.2, 0) is 14.3 Å². The molecule has 4 N–H and O–H groups in total. The maximum atomic E-state index is 11.6. The molecule has 0 aliphatic carbocycles. The first kappa shape index (κ1) is 29.2. The SMILES string of the molecule is CCOC(=O)C(C)(C)NPCOc1ccccc1.O=c1ccn(C2OC(CO)[C@@H](O)C2Br)c(=O)[nH]1. The van der Waals surface area contributed by atoms with Gasteiger partial charge in [0.15, 0.2) is 6.23 Å². The molecular weight excluding hydrogens is 545 g/mol. The molecule has 1 aromatic carbocycles. The topological polar surface area (TPSA) is 152 Å². The summed E-state index contributed by atoms with van der Waals surface area (Å²) in [5.74, 6) is 0.595. The van der Waals surface area contributed by atoms with Gasteiger partial charge in [0.2, 0.25) is 0 Å². The standard InChI is InChI=1S/C13H20NO3P.C9H11BrN2O5/c1-4-16-12(15)13(2,3)14-18-10-17-11-8-6-5-7-9-11;10-6-7(15)4(3-13)17-8(6)12-2-1-5(14)11-9(12)16/h5-9,14,18H,4,10H2,1-3H3;1-2,4,6-8,13,15H,3H2,(H,11,14,16)/t;4?,6?,7-,8?/m.1/s1. The Morgan fingerprint density at radius 1 is 1.29 bits per heavy atom. The van der Waals surface area contributed by atoms with Gasteiger partial charge in [0, 0.05) is 12.3 Å². The predicted octanol–water partition coefficient (Wildman–Crippen LogP) is 1.10. The quantitative estimate of drug-likeness (QED) is 0.149. The van der Waals surface area contributed by atoms with Gasteiger partial charge in [-0.3, -0.25) is 24.2 Å². The fourth-order valence-corrected chi connectivity index (χ4v) is 4.54. The van der Waals surface area contributed by atoms with Gasteiger partial charge in [0.25, 0.3) is 5.56 Å². The second kappa shape index (κ2) is 13.9. The van der Waals surface area contributed by atoms with Crippen molar-refractivity contribution >= 4 is 30.6 Å². The highest BCUT2D eigenvalue weighted by Crippen LogP contribution is 2.33.